The summed E-state index contributed by atoms with van der Waals surface area (Å²) < 4.78 is 45.7. The first-order valence-corrected chi connectivity index (χ1v) is 14.9. The lowest BCUT2D eigenvalue weighted by Crippen LogP contribution is -2.02. The van der Waals surface area contributed by atoms with Gasteiger partial charge in [0, 0.05) is 11.1 Å². The molecule has 44 heavy (non-hydrogen) atoms. The van der Waals surface area contributed by atoms with Crippen LogP contribution in [0.15, 0.2) is 36.4 Å². The zero-order chi connectivity index (χ0) is 31.9. The molecule has 3 rings (SSSR count). The van der Waals surface area contributed by atoms with E-state index in [4.69, 9.17) is 37.9 Å². The highest BCUT2D eigenvalue weighted by atomic mass is 16.5. The largest absolute Gasteiger partial charge is 0.493 e. The first-order valence-electron chi connectivity index (χ1n) is 14.9. The van der Waals surface area contributed by atoms with E-state index in [0.717, 1.165) is 59.4 Å². The monoisotopic (exact) mass is 606 g/mol. The van der Waals surface area contributed by atoms with Crippen molar-refractivity contribution in [1.82, 2.24) is 0 Å². The smallest absolute Gasteiger partial charge is 0.203 e. The summed E-state index contributed by atoms with van der Waals surface area (Å²) in [5.41, 5.74) is 3.57. The van der Waals surface area contributed by atoms with Gasteiger partial charge in [-0.2, -0.15) is 0 Å². The second kappa shape index (κ2) is 17.6. The van der Waals surface area contributed by atoms with Gasteiger partial charge in [-0.25, -0.2) is 0 Å². The lowest BCUT2D eigenvalue weighted by Gasteiger charge is -2.16. The van der Waals surface area contributed by atoms with E-state index >= 15 is 0 Å². The van der Waals surface area contributed by atoms with Crippen molar-refractivity contribution in [3.05, 3.63) is 58.7 Å². The molecule has 3 aromatic rings. The van der Waals surface area contributed by atoms with Crippen molar-refractivity contribution in [2.45, 2.75) is 39.5 Å². The van der Waals surface area contributed by atoms with E-state index in [9.17, 15) is 0 Å². The predicted octanol–water partition coefficient (Wildman–Crippen LogP) is 8.44. The van der Waals surface area contributed by atoms with Gasteiger partial charge in [0.25, 0.3) is 0 Å². The normalized spacial score (nSPS) is 11.1. The van der Waals surface area contributed by atoms with E-state index in [-0.39, 0.29) is 0 Å². The number of ether oxygens (including phenoxy) is 8. The Hall–Kier alpha value is -4.46. The Morgan fingerprint density at radius 2 is 0.773 bits per heavy atom. The number of rotatable bonds is 18. The Morgan fingerprint density at radius 3 is 1.05 bits per heavy atom. The minimum Gasteiger partial charge on any atom is -0.493 e. The van der Waals surface area contributed by atoms with E-state index in [0.29, 0.717) is 47.7 Å². The molecule has 0 aromatic heterocycles. The summed E-state index contributed by atoms with van der Waals surface area (Å²) in [7, 11) is 9.61. The molecule has 238 valence electrons. The molecule has 0 saturated carbocycles. The van der Waals surface area contributed by atoms with Gasteiger partial charge in [0.1, 0.15) is 11.5 Å². The summed E-state index contributed by atoms with van der Waals surface area (Å²) >= 11 is 0. The van der Waals surface area contributed by atoms with Crippen LogP contribution in [0.2, 0.25) is 0 Å². The molecule has 0 aliphatic heterocycles. The van der Waals surface area contributed by atoms with Crippen LogP contribution in [0.4, 0.5) is 0 Å². The maximum absolute atomic E-state index is 6.30. The molecular weight excluding hydrogens is 560 g/mol. The maximum Gasteiger partial charge on any atom is 0.203 e. The number of methoxy groups -OCH3 is 6. The van der Waals surface area contributed by atoms with Crippen molar-refractivity contribution in [1.29, 1.82) is 0 Å². The molecule has 0 aliphatic rings. The molecular formula is C36H46O8. The highest BCUT2D eigenvalue weighted by Crippen LogP contribution is 2.40. The molecule has 8 nitrogen and oxygen atoms in total. The molecule has 0 radical (unpaired) electrons. The summed E-state index contributed by atoms with van der Waals surface area (Å²) in [6.07, 6.45) is 12.0. The first-order chi connectivity index (χ1) is 21.5. The second-order valence-corrected chi connectivity index (χ2v) is 9.92. The van der Waals surface area contributed by atoms with Crippen molar-refractivity contribution in [3.63, 3.8) is 0 Å². The average Bonchev–Trinajstić information content (AvgIpc) is 3.06. The predicted molar refractivity (Wildman–Crippen MR) is 177 cm³/mol. The van der Waals surface area contributed by atoms with Crippen molar-refractivity contribution in [3.8, 4) is 46.0 Å². The van der Waals surface area contributed by atoms with Crippen molar-refractivity contribution in [2.75, 3.05) is 55.9 Å². The number of benzene rings is 3. The Balaban J connectivity index is 2.10. The van der Waals surface area contributed by atoms with Crippen molar-refractivity contribution in [2.24, 2.45) is 0 Å². The topological polar surface area (TPSA) is 73.8 Å². The van der Waals surface area contributed by atoms with Crippen LogP contribution in [-0.4, -0.2) is 55.9 Å². The number of hydrogen-bond donors (Lipinski definition) is 0. The Kier molecular flexibility index (Phi) is 13.6. The summed E-state index contributed by atoms with van der Waals surface area (Å²) in [4.78, 5) is 0. The average molecular weight is 607 g/mol. The van der Waals surface area contributed by atoms with Gasteiger partial charge in [0.2, 0.25) is 11.5 Å². The SMILES string of the molecule is CCCCOc1cc(C=Cc2cc(OC)c(OC)c(OC)c2)c(OCCCC)cc1C=Cc1cc(OC)c(OC)c(OC)c1. The zero-order valence-corrected chi connectivity index (χ0v) is 27.3. The molecule has 0 amide bonds. The first kappa shape index (κ1) is 34.0. The molecule has 3 aromatic carbocycles. The third-order valence-corrected chi connectivity index (χ3v) is 6.94. The van der Waals surface area contributed by atoms with Crippen LogP contribution in [0.1, 0.15) is 61.8 Å². The third-order valence-electron chi connectivity index (χ3n) is 6.94. The molecule has 0 fully saturated rings. The van der Waals surface area contributed by atoms with Crippen molar-refractivity contribution < 1.29 is 37.9 Å². The Labute approximate surface area is 262 Å². The summed E-state index contributed by atoms with van der Waals surface area (Å²) in [5, 5.41) is 0. The number of unbranched alkanes of at least 4 members (excludes halogenated alkanes) is 2. The van der Waals surface area contributed by atoms with Crippen molar-refractivity contribution >= 4 is 24.3 Å². The van der Waals surface area contributed by atoms with Crippen LogP contribution in [0, 0.1) is 0 Å². The number of hydrogen-bond acceptors (Lipinski definition) is 8. The highest BCUT2D eigenvalue weighted by Gasteiger charge is 2.15. The van der Waals surface area contributed by atoms with Gasteiger partial charge in [0.05, 0.1) is 55.9 Å². The van der Waals surface area contributed by atoms with Gasteiger partial charge in [-0.15, -0.1) is 0 Å². The maximum atomic E-state index is 6.30. The highest BCUT2D eigenvalue weighted by molar-refractivity contribution is 5.80. The van der Waals surface area contributed by atoms with Crippen LogP contribution in [0.5, 0.6) is 46.0 Å². The van der Waals surface area contributed by atoms with Gasteiger partial charge >= 0.3 is 0 Å². The van der Waals surface area contributed by atoms with Gasteiger partial charge in [-0.05, 0) is 60.4 Å². The van der Waals surface area contributed by atoms with Gasteiger partial charge in [-0.3, -0.25) is 0 Å². The third kappa shape index (κ3) is 8.78. The lowest BCUT2D eigenvalue weighted by molar-refractivity contribution is 0.300. The minimum absolute atomic E-state index is 0.547. The zero-order valence-electron chi connectivity index (χ0n) is 27.3. The van der Waals surface area contributed by atoms with Crippen LogP contribution in [0.3, 0.4) is 0 Å². The Morgan fingerprint density at radius 1 is 0.432 bits per heavy atom. The van der Waals surface area contributed by atoms with Crippen LogP contribution in [0.25, 0.3) is 24.3 Å². The fourth-order valence-corrected chi connectivity index (χ4v) is 4.52. The fourth-order valence-electron chi connectivity index (χ4n) is 4.52. The van der Waals surface area contributed by atoms with Crippen LogP contribution < -0.4 is 37.9 Å². The van der Waals surface area contributed by atoms with Crippen LogP contribution in [-0.2, 0) is 0 Å². The van der Waals surface area contributed by atoms with Gasteiger partial charge < -0.3 is 37.9 Å². The molecule has 0 spiro atoms. The molecule has 0 saturated heterocycles. The summed E-state index contributed by atoms with van der Waals surface area (Å²) in [5.74, 6) is 4.95. The molecule has 0 N–H and O–H groups in total. The second-order valence-electron chi connectivity index (χ2n) is 9.92. The molecule has 8 heteroatoms. The van der Waals surface area contributed by atoms with Crippen LogP contribution >= 0.6 is 0 Å². The van der Waals surface area contributed by atoms with Gasteiger partial charge in [0.15, 0.2) is 23.0 Å². The molecule has 0 unspecified atom stereocenters. The molecule has 0 atom stereocenters. The minimum atomic E-state index is 0.547. The molecule has 0 heterocycles. The standard InChI is InChI=1S/C36H46O8/c1-9-11-17-43-29-23-28(16-14-26-21-33(39-5)36(42-8)34(22-26)40-6)30(44-18-12-10-2)24-27(29)15-13-25-19-31(37-3)35(41-7)32(20-25)38-4/h13-16,19-24H,9-12,17-18H2,1-8H3. The summed E-state index contributed by atoms with van der Waals surface area (Å²) in [6, 6.07) is 11.7. The van der Waals surface area contributed by atoms with E-state index in [1.807, 2.05) is 60.7 Å². The van der Waals surface area contributed by atoms with E-state index in [1.165, 1.54) is 0 Å². The molecule has 0 bridgehead atoms. The fraction of sp³-hybridized carbons (Fsp3) is 0.389. The quantitative estimate of drug-likeness (QED) is 0.106. The van der Waals surface area contributed by atoms with Gasteiger partial charge in [-0.1, -0.05) is 51.0 Å². The molecule has 0 aliphatic carbocycles. The van der Waals surface area contributed by atoms with E-state index < -0.39 is 0 Å². The van der Waals surface area contributed by atoms with E-state index in [1.54, 1.807) is 42.7 Å². The lowest BCUT2D eigenvalue weighted by atomic mass is 10.0. The Bertz CT molecular complexity index is 1250. The van der Waals surface area contributed by atoms with E-state index in [2.05, 4.69) is 13.8 Å². The summed E-state index contributed by atoms with van der Waals surface area (Å²) in [6.45, 7) is 5.50.